The molecule has 1 heterocycles. The van der Waals surface area contributed by atoms with Crippen molar-refractivity contribution < 1.29 is 4.74 Å². The average molecular weight is 373 g/mol. The Morgan fingerprint density at radius 1 is 1.24 bits per heavy atom. The van der Waals surface area contributed by atoms with Gasteiger partial charge in [-0.25, -0.2) is 5.10 Å². The summed E-state index contributed by atoms with van der Waals surface area (Å²) in [5.41, 5.74) is 1.76. The highest BCUT2D eigenvalue weighted by molar-refractivity contribution is 7.71. The number of ether oxygens (including phenoxy) is 1. The number of nitrogens with one attached hydrogen (secondary N) is 1. The highest BCUT2D eigenvalue weighted by atomic mass is 35.5. The third kappa shape index (κ3) is 4.15. The van der Waals surface area contributed by atoms with Crippen LogP contribution >= 0.6 is 23.8 Å². The van der Waals surface area contributed by atoms with Crippen molar-refractivity contribution in [3.63, 3.8) is 0 Å². The van der Waals surface area contributed by atoms with Gasteiger partial charge in [0.2, 0.25) is 4.77 Å². The summed E-state index contributed by atoms with van der Waals surface area (Å²) in [6.07, 6.45) is 1.75. The van der Waals surface area contributed by atoms with Gasteiger partial charge in [-0.1, -0.05) is 41.9 Å². The first-order valence-electron chi connectivity index (χ1n) is 7.78. The summed E-state index contributed by atoms with van der Waals surface area (Å²) in [6, 6.07) is 15.2. The fourth-order valence-corrected chi connectivity index (χ4v) is 2.66. The summed E-state index contributed by atoms with van der Waals surface area (Å²) < 4.78 is 7.63. The molecule has 0 bridgehead atoms. The molecule has 0 saturated carbocycles. The zero-order chi connectivity index (χ0) is 17.8. The molecule has 25 heavy (non-hydrogen) atoms. The summed E-state index contributed by atoms with van der Waals surface area (Å²) in [5.74, 6) is 1.30. The average Bonchev–Trinajstić information content (AvgIpc) is 2.96. The quantitative estimate of drug-likeness (QED) is 0.510. The Kier molecular flexibility index (Phi) is 5.31. The SMILES string of the molecule is CC(C)Oc1ccc(/C=N\n2c(-c3ccccc3)n[nH]c2=S)cc1Cl. The molecule has 1 aromatic heterocycles. The van der Waals surface area contributed by atoms with Gasteiger partial charge in [0, 0.05) is 5.56 Å². The lowest BCUT2D eigenvalue weighted by atomic mass is 10.2. The Balaban J connectivity index is 1.89. The number of hydrogen-bond donors (Lipinski definition) is 1. The minimum Gasteiger partial charge on any atom is -0.489 e. The third-order valence-corrected chi connectivity index (χ3v) is 3.88. The van der Waals surface area contributed by atoms with Crippen LogP contribution in [0.4, 0.5) is 0 Å². The number of aromatic amines is 1. The summed E-state index contributed by atoms with van der Waals surface area (Å²) in [6.45, 7) is 3.91. The van der Waals surface area contributed by atoms with Crippen LogP contribution in [-0.4, -0.2) is 27.2 Å². The fourth-order valence-electron chi connectivity index (χ4n) is 2.24. The molecule has 0 aliphatic heterocycles. The predicted octanol–water partition coefficient (Wildman–Crippen LogP) is 4.93. The van der Waals surface area contributed by atoms with Crippen LogP contribution in [0, 0.1) is 4.77 Å². The molecule has 3 rings (SSSR count). The van der Waals surface area contributed by atoms with E-state index in [0.29, 0.717) is 21.4 Å². The van der Waals surface area contributed by atoms with Crippen LogP contribution in [0.3, 0.4) is 0 Å². The van der Waals surface area contributed by atoms with Gasteiger partial charge in [-0.15, -0.1) is 0 Å². The van der Waals surface area contributed by atoms with Crippen LogP contribution in [0.25, 0.3) is 11.4 Å². The number of benzene rings is 2. The van der Waals surface area contributed by atoms with Gasteiger partial charge in [0.25, 0.3) is 0 Å². The molecule has 0 unspecified atom stereocenters. The second-order valence-electron chi connectivity index (χ2n) is 5.63. The van der Waals surface area contributed by atoms with Gasteiger partial charge in [-0.05, 0) is 49.8 Å². The van der Waals surface area contributed by atoms with Crippen LogP contribution in [0.5, 0.6) is 5.75 Å². The van der Waals surface area contributed by atoms with E-state index in [1.54, 1.807) is 17.0 Å². The van der Waals surface area contributed by atoms with Crippen molar-refractivity contribution in [3.05, 3.63) is 63.9 Å². The van der Waals surface area contributed by atoms with Crippen molar-refractivity contribution in [3.8, 4) is 17.1 Å². The standard InChI is InChI=1S/C18H17ClN4OS/c1-12(2)24-16-9-8-13(10-15(16)19)11-20-23-17(21-22-18(23)25)14-6-4-3-5-7-14/h3-12H,1-2H3,(H,22,25)/b20-11-. The molecule has 128 valence electrons. The molecule has 0 radical (unpaired) electrons. The van der Waals surface area contributed by atoms with Gasteiger partial charge >= 0.3 is 0 Å². The van der Waals surface area contributed by atoms with Crippen molar-refractivity contribution >= 4 is 30.0 Å². The fraction of sp³-hybridized carbons (Fsp3) is 0.167. The van der Waals surface area contributed by atoms with Gasteiger partial charge in [-0.2, -0.15) is 14.9 Å². The van der Waals surface area contributed by atoms with Crippen LogP contribution < -0.4 is 4.74 Å². The third-order valence-electron chi connectivity index (χ3n) is 3.32. The van der Waals surface area contributed by atoms with Crippen LogP contribution in [-0.2, 0) is 0 Å². The molecule has 0 spiro atoms. The maximum atomic E-state index is 6.26. The van der Waals surface area contributed by atoms with Crippen molar-refractivity contribution in [1.29, 1.82) is 0 Å². The van der Waals surface area contributed by atoms with E-state index in [1.807, 2.05) is 56.3 Å². The first-order chi connectivity index (χ1) is 12.0. The molecule has 0 aliphatic rings. The summed E-state index contributed by atoms with van der Waals surface area (Å²) in [7, 11) is 0. The Morgan fingerprint density at radius 3 is 2.68 bits per heavy atom. The van der Waals surface area contributed by atoms with E-state index in [-0.39, 0.29) is 6.10 Å². The second-order valence-corrected chi connectivity index (χ2v) is 6.43. The Bertz CT molecular complexity index is 947. The zero-order valence-electron chi connectivity index (χ0n) is 13.8. The predicted molar refractivity (Wildman–Crippen MR) is 103 cm³/mol. The Hall–Kier alpha value is -2.44. The van der Waals surface area contributed by atoms with Crippen molar-refractivity contribution in [2.24, 2.45) is 5.10 Å². The van der Waals surface area contributed by atoms with Crippen molar-refractivity contribution in [1.82, 2.24) is 14.9 Å². The highest BCUT2D eigenvalue weighted by Gasteiger charge is 2.08. The molecule has 7 heteroatoms. The monoisotopic (exact) mass is 372 g/mol. The summed E-state index contributed by atoms with van der Waals surface area (Å²) in [4.78, 5) is 0. The molecule has 0 aliphatic carbocycles. The molecule has 1 N–H and O–H groups in total. The molecular weight excluding hydrogens is 356 g/mol. The number of hydrogen-bond acceptors (Lipinski definition) is 4. The van der Waals surface area contributed by atoms with E-state index < -0.39 is 0 Å². The van der Waals surface area contributed by atoms with Crippen LogP contribution in [0.2, 0.25) is 5.02 Å². The first-order valence-corrected chi connectivity index (χ1v) is 8.56. The number of aromatic nitrogens is 3. The molecule has 0 fully saturated rings. The Morgan fingerprint density at radius 2 is 2.00 bits per heavy atom. The highest BCUT2D eigenvalue weighted by Crippen LogP contribution is 2.26. The smallest absolute Gasteiger partial charge is 0.216 e. The molecule has 2 aromatic carbocycles. The normalized spacial score (nSPS) is 11.4. The van der Waals surface area contributed by atoms with Gasteiger partial charge in [0.1, 0.15) is 5.75 Å². The first kappa shape index (κ1) is 17.4. The molecule has 0 amide bonds. The summed E-state index contributed by atoms with van der Waals surface area (Å²) in [5, 5.41) is 12.0. The van der Waals surface area contributed by atoms with Crippen molar-refractivity contribution in [2.45, 2.75) is 20.0 Å². The topological polar surface area (TPSA) is 55.2 Å². The largest absolute Gasteiger partial charge is 0.489 e. The maximum absolute atomic E-state index is 6.26. The van der Waals surface area contributed by atoms with Gasteiger partial charge < -0.3 is 4.74 Å². The zero-order valence-corrected chi connectivity index (χ0v) is 15.4. The minimum atomic E-state index is 0.0645. The minimum absolute atomic E-state index is 0.0645. The van der Waals surface area contributed by atoms with Gasteiger partial charge in [0.05, 0.1) is 17.3 Å². The van der Waals surface area contributed by atoms with E-state index >= 15 is 0 Å². The summed E-state index contributed by atoms with van der Waals surface area (Å²) >= 11 is 11.5. The molecular formula is C18H17ClN4OS. The van der Waals surface area contributed by atoms with Gasteiger partial charge in [0.15, 0.2) is 5.82 Å². The molecule has 0 atom stereocenters. The molecule has 0 saturated heterocycles. The lowest BCUT2D eigenvalue weighted by Gasteiger charge is -2.11. The van der Waals surface area contributed by atoms with Crippen LogP contribution in [0.1, 0.15) is 19.4 Å². The van der Waals surface area contributed by atoms with E-state index in [2.05, 4.69) is 15.3 Å². The molecule has 3 aromatic rings. The van der Waals surface area contributed by atoms with E-state index in [0.717, 1.165) is 11.1 Å². The number of rotatable bonds is 5. The van der Waals surface area contributed by atoms with E-state index in [4.69, 9.17) is 28.6 Å². The molecule has 5 nitrogen and oxygen atoms in total. The maximum Gasteiger partial charge on any atom is 0.216 e. The second kappa shape index (κ2) is 7.63. The van der Waals surface area contributed by atoms with E-state index in [9.17, 15) is 0 Å². The van der Waals surface area contributed by atoms with Crippen LogP contribution in [0.15, 0.2) is 53.6 Å². The van der Waals surface area contributed by atoms with Gasteiger partial charge in [-0.3, -0.25) is 0 Å². The number of halogens is 1. The van der Waals surface area contributed by atoms with E-state index in [1.165, 1.54) is 0 Å². The van der Waals surface area contributed by atoms with Crippen molar-refractivity contribution in [2.75, 3.05) is 0 Å². The lowest BCUT2D eigenvalue weighted by Crippen LogP contribution is -2.06. The number of nitrogens with zero attached hydrogens (tertiary/aromatic N) is 3. The Labute approximate surface area is 155 Å². The number of H-pyrrole nitrogens is 1. The lowest BCUT2D eigenvalue weighted by molar-refractivity contribution is 0.242.